The Labute approximate surface area is 117 Å². The Kier molecular flexibility index (Phi) is 3.84. The molecular weight excluding hydrogens is 256 g/mol. The molecule has 6 nitrogen and oxygen atoms in total. The lowest BCUT2D eigenvalue weighted by Gasteiger charge is -2.12. The van der Waals surface area contributed by atoms with E-state index in [-0.39, 0.29) is 11.7 Å². The van der Waals surface area contributed by atoms with Crippen LogP contribution in [-0.2, 0) is 0 Å². The summed E-state index contributed by atoms with van der Waals surface area (Å²) in [5, 5.41) is 15.6. The molecule has 6 heteroatoms. The van der Waals surface area contributed by atoms with Crippen molar-refractivity contribution >= 4 is 5.84 Å². The van der Waals surface area contributed by atoms with E-state index in [0.717, 1.165) is 17.0 Å². The van der Waals surface area contributed by atoms with Crippen LogP contribution in [0.5, 0.6) is 17.4 Å². The normalized spacial score (nSPS) is 10.2. The number of hydrogen-bond acceptors (Lipinski definition) is 5. The summed E-state index contributed by atoms with van der Waals surface area (Å²) >= 11 is 0. The highest BCUT2D eigenvalue weighted by molar-refractivity contribution is 5.98. The fourth-order valence-corrected chi connectivity index (χ4v) is 1.73. The molecule has 3 N–H and O–H groups in total. The van der Waals surface area contributed by atoms with Gasteiger partial charge in [0.1, 0.15) is 17.3 Å². The second-order valence-electron chi connectivity index (χ2n) is 4.28. The summed E-state index contributed by atoms with van der Waals surface area (Å²) < 4.78 is 10.7. The van der Waals surface area contributed by atoms with E-state index >= 15 is 0 Å². The number of aromatic nitrogens is 2. The van der Waals surface area contributed by atoms with Crippen molar-refractivity contribution in [3.8, 4) is 17.4 Å². The van der Waals surface area contributed by atoms with Crippen molar-refractivity contribution in [2.24, 2.45) is 5.73 Å². The van der Waals surface area contributed by atoms with E-state index in [1.165, 1.54) is 0 Å². The molecule has 0 saturated carbocycles. The maximum absolute atomic E-state index is 7.65. The molecule has 0 atom stereocenters. The molecule has 1 aromatic heterocycles. The summed E-state index contributed by atoms with van der Waals surface area (Å²) in [5.74, 6) is 1.44. The first-order valence-electron chi connectivity index (χ1n) is 6.03. The number of amidine groups is 1. The third-order valence-corrected chi connectivity index (χ3v) is 2.97. The third kappa shape index (κ3) is 2.69. The second kappa shape index (κ2) is 5.56. The molecule has 0 bridgehead atoms. The molecule has 20 heavy (non-hydrogen) atoms. The highest BCUT2D eigenvalue weighted by Gasteiger charge is 2.15. The SMILES string of the molecule is COc1ccc(Oc2nnc(C)c(C)c2C(=N)N)cc1. The zero-order chi connectivity index (χ0) is 14.7. The van der Waals surface area contributed by atoms with Gasteiger partial charge in [0, 0.05) is 0 Å². The van der Waals surface area contributed by atoms with Crippen LogP contribution in [0.3, 0.4) is 0 Å². The summed E-state index contributed by atoms with van der Waals surface area (Å²) in [5.41, 5.74) is 7.57. The van der Waals surface area contributed by atoms with Crippen LogP contribution in [-0.4, -0.2) is 23.1 Å². The van der Waals surface area contributed by atoms with Crippen LogP contribution in [0.1, 0.15) is 16.8 Å². The van der Waals surface area contributed by atoms with Crippen LogP contribution in [0, 0.1) is 19.3 Å². The molecule has 0 spiro atoms. The number of aryl methyl sites for hydroxylation is 1. The summed E-state index contributed by atoms with van der Waals surface area (Å²) in [6.45, 7) is 3.65. The molecule has 0 aliphatic rings. The van der Waals surface area contributed by atoms with Gasteiger partial charge < -0.3 is 15.2 Å². The zero-order valence-corrected chi connectivity index (χ0v) is 11.6. The highest BCUT2D eigenvalue weighted by Crippen LogP contribution is 2.26. The molecule has 0 saturated heterocycles. The van der Waals surface area contributed by atoms with Gasteiger partial charge >= 0.3 is 0 Å². The minimum Gasteiger partial charge on any atom is -0.497 e. The van der Waals surface area contributed by atoms with Crippen LogP contribution < -0.4 is 15.2 Å². The number of nitrogens with one attached hydrogen (secondary N) is 1. The molecule has 1 heterocycles. The van der Waals surface area contributed by atoms with Gasteiger partial charge in [-0.1, -0.05) is 0 Å². The van der Waals surface area contributed by atoms with Crippen LogP contribution in [0.25, 0.3) is 0 Å². The number of nitrogen functional groups attached to an aromatic ring is 1. The quantitative estimate of drug-likeness (QED) is 0.657. The van der Waals surface area contributed by atoms with Crippen molar-refractivity contribution in [3.05, 3.63) is 41.1 Å². The zero-order valence-electron chi connectivity index (χ0n) is 11.6. The molecule has 1 aromatic carbocycles. The van der Waals surface area contributed by atoms with Crippen molar-refractivity contribution in [3.63, 3.8) is 0 Å². The third-order valence-electron chi connectivity index (χ3n) is 2.97. The first kappa shape index (κ1) is 13.8. The van der Waals surface area contributed by atoms with E-state index in [0.29, 0.717) is 11.3 Å². The van der Waals surface area contributed by atoms with Gasteiger partial charge in [0.05, 0.1) is 18.4 Å². The number of nitrogens with two attached hydrogens (primary N) is 1. The van der Waals surface area contributed by atoms with Crippen LogP contribution in [0.4, 0.5) is 0 Å². The standard InChI is InChI=1S/C14H16N4O2/c1-8-9(2)17-18-14(12(8)13(15)16)20-11-6-4-10(19-3)5-7-11/h4-7H,1-3H3,(H3,15,16). The second-order valence-corrected chi connectivity index (χ2v) is 4.28. The molecule has 2 rings (SSSR count). The summed E-state index contributed by atoms with van der Waals surface area (Å²) in [4.78, 5) is 0. The van der Waals surface area contributed by atoms with Crippen molar-refractivity contribution < 1.29 is 9.47 Å². The molecule has 0 amide bonds. The fourth-order valence-electron chi connectivity index (χ4n) is 1.73. The Morgan fingerprint density at radius 1 is 1.10 bits per heavy atom. The van der Waals surface area contributed by atoms with E-state index in [9.17, 15) is 0 Å². The summed E-state index contributed by atoms with van der Waals surface area (Å²) in [6, 6.07) is 7.05. The molecule has 0 radical (unpaired) electrons. The highest BCUT2D eigenvalue weighted by atomic mass is 16.5. The summed E-state index contributed by atoms with van der Waals surface area (Å²) in [6.07, 6.45) is 0. The Bertz CT molecular complexity index is 638. The van der Waals surface area contributed by atoms with Crippen molar-refractivity contribution in [1.82, 2.24) is 10.2 Å². The lowest BCUT2D eigenvalue weighted by atomic mass is 10.1. The molecule has 0 aliphatic carbocycles. The molecule has 0 fully saturated rings. The van der Waals surface area contributed by atoms with Gasteiger partial charge in [-0.3, -0.25) is 5.41 Å². The first-order chi connectivity index (χ1) is 9.52. The lowest BCUT2D eigenvalue weighted by Crippen LogP contribution is -2.16. The smallest absolute Gasteiger partial charge is 0.250 e. The summed E-state index contributed by atoms with van der Waals surface area (Å²) in [7, 11) is 1.60. The number of hydrogen-bond donors (Lipinski definition) is 2. The van der Waals surface area contributed by atoms with Gasteiger partial charge in [-0.15, -0.1) is 5.10 Å². The maximum Gasteiger partial charge on any atom is 0.250 e. The molecule has 0 aliphatic heterocycles. The van der Waals surface area contributed by atoms with Gasteiger partial charge in [-0.2, -0.15) is 5.10 Å². The Morgan fingerprint density at radius 2 is 1.70 bits per heavy atom. The topological polar surface area (TPSA) is 94.1 Å². The minimum atomic E-state index is -0.0935. The molecule has 0 unspecified atom stereocenters. The Balaban J connectivity index is 2.37. The monoisotopic (exact) mass is 272 g/mol. The largest absolute Gasteiger partial charge is 0.497 e. The van der Waals surface area contributed by atoms with Crippen molar-refractivity contribution in [1.29, 1.82) is 5.41 Å². The van der Waals surface area contributed by atoms with Crippen molar-refractivity contribution in [2.45, 2.75) is 13.8 Å². The van der Waals surface area contributed by atoms with Gasteiger partial charge in [-0.25, -0.2) is 0 Å². The van der Waals surface area contributed by atoms with Crippen molar-refractivity contribution in [2.75, 3.05) is 7.11 Å². The number of methoxy groups -OCH3 is 1. The van der Waals surface area contributed by atoms with E-state index in [4.69, 9.17) is 20.6 Å². The lowest BCUT2D eigenvalue weighted by molar-refractivity contribution is 0.411. The van der Waals surface area contributed by atoms with Gasteiger partial charge in [0.25, 0.3) is 0 Å². The predicted octanol–water partition coefficient (Wildman–Crippen LogP) is 2.18. The number of benzene rings is 1. The van der Waals surface area contributed by atoms with Crippen LogP contribution in [0.15, 0.2) is 24.3 Å². The minimum absolute atomic E-state index is 0.0935. The van der Waals surface area contributed by atoms with E-state index in [1.807, 2.05) is 13.8 Å². The maximum atomic E-state index is 7.65. The number of rotatable bonds is 4. The predicted molar refractivity (Wildman–Crippen MR) is 75.6 cm³/mol. The molecule has 2 aromatic rings. The first-order valence-corrected chi connectivity index (χ1v) is 6.03. The van der Waals surface area contributed by atoms with Gasteiger partial charge in [-0.05, 0) is 43.7 Å². The Hall–Kier alpha value is -2.63. The van der Waals surface area contributed by atoms with E-state index in [2.05, 4.69) is 10.2 Å². The van der Waals surface area contributed by atoms with E-state index in [1.54, 1.807) is 31.4 Å². The average Bonchev–Trinajstić information content (AvgIpc) is 2.43. The van der Waals surface area contributed by atoms with Gasteiger partial charge in [0.15, 0.2) is 0 Å². The number of nitrogens with zero attached hydrogens (tertiary/aromatic N) is 2. The molecule has 104 valence electrons. The molecular formula is C14H16N4O2. The average molecular weight is 272 g/mol. The Morgan fingerprint density at radius 3 is 2.25 bits per heavy atom. The fraction of sp³-hybridized carbons (Fsp3) is 0.214. The number of ether oxygens (including phenoxy) is 2. The van der Waals surface area contributed by atoms with E-state index < -0.39 is 0 Å². The van der Waals surface area contributed by atoms with Crippen LogP contribution >= 0.6 is 0 Å². The van der Waals surface area contributed by atoms with Crippen LogP contribution in [0.2, 0.25) is 0 Å². The van der Waals surface area contributed by atoms with Gasteiger partial charge in [0.2, 0.25) is 5.88 Å².